The largest absolute Gasteiger partial charge is 1.00 e. The monoisotopic (exact) mass is 454 g/mol. The number of hydrogen-bond acceptors (Lipinski definition) is 0. The summed E-state index contributed by atoms with van der Waals surface area (Å²) in [6.45, 7) is 0. The second-order valence-electron chi connectivity index (χ2n) is 6.66. The summed E-state index contributed by atoms with van der Waals surface area (Å²) in [7, 11) is 0. The SMILES string of the molecule is [CH2]=[Zr+2]([c]1cccc2c1Cc1ccccc1-2)[CH]1C=Cc2ccccc21.[Cl-].[Cl-]. The number of allylic oxidation sites excluding steroid dienone is 1. The average Bonchev–Trinajstić information content (AvgIpc) is 3.22. The van der Waals surface area contributed by atoms with Gasteiger partial charge < -0.3 is 24.8 Å². The fraction of sp³-hybridized carbons (Fsp3) is 0.0870. The van der Waals surface area contributed by atoms with Gasteiger partial charge in [0.15, 0.2) is 0 Å². The molecule has 2 aliphatic carbocycles. The van der Waals surface area contributed by atoms with Gasteiger partial charge in [0.1, 0.15) is 0 Å². The molecule has 0 heterocycles. The van der Waals surface area contributed by atoms with Crippen LogP contribution in [0, 0.1) is 0 Å². The van der Waals surface area contributed by atoms with Crippen LogP contribution in [0.3, 0.4) is 0 Å². The normalized spacial score (nSPS) is 15.0. The van der Waals surface area contributed by atoms with E-state index in [0.29, 0.717) is 3.63 Å². The molecule has 0 N–H and O–H groups in total. The Hall–Kier alpha value is -1.27. The summed E-state index contributed by atoms with van der Waals surface area (Å²) in [5.41, 5.74) is 8.78. The molecule has 0 saturated heterocycles. The van der Waals surface area contributed by atoms with E-state index in [4.69, 9.17) is 4.21 Å². The minimum atomic E-state index is -2.03. The standard InChI is InChI=1S/C13H9.C9H7.CH2.2ClH.Zr/c1-3-7-12-10(5-1)9-11-6-2-4-8-13(11)12;1-2-5-9-7-3-6-8(9)4-1;;;;/h1-5,7-8H,9H2;1-7H;1H2;2*1H;/q;;;;;+2/p-2. The smallest absolute Gasteiger partial charge is 1.00 e. The molecule has 128 valence electrons. The number of fused-ring (bicyclic) bond motifs is 4. The van der Waals surface area contributed by atoms with Crippen LogP contribution in [0.4, 0.5) is 0 Å². The summed E-state index contributed by atoms with van der Waals surface area (Å²) < 4.78 is 6.94. The molecule has 0 aliphatic heterocycles. The van der Waals surface area contributed by atoms with Crippen LogP contribution in [0.1, 0.15) is 25.9 Å². The molecule has 0 bridgehead atoms. The maximum Gasteiger partial charge on any atom is -1.00 e. The molecule has 0 saturated carbocycles. The summed E-state index contributed by atoms with van der Waals surface area (Å²) in [5, 5.41) is 0. The molecule has 3 aromatic carbocycles. The van der Waals surface area contributed by atoms with E-state index >= 15 is 0 Å². The zero-order valence-corrected chi connectivity index (χ0v) is 18.2. The van der Waals surface area contributed by atoms with E-state index in [1.807, 2.05) is 0 Å². The Bertz CT molecular complexity index is 1020. The van der Waals surface area contributed by atoms with E-state index < -0.39 is 21.3 Å². The first-order chi connectivity index (χ1) is 11.8. The van der Waals surface area contributed by atoms with Crippen molar-refractivity contribution in [2.24, 2.45) is 0 Å². The van der Waals surface area contributed by atoms with Crippen LogP contribution in [0.15, 0.2) is 72.8 Å². The van der Waals surface area contributed by atoms with Crippen LogP contribution in [-0.4, -0.2) is 4.21 Å². The second kappa shape index (κ2) is 7.77. The van der Waals surface area contributed by atoms with Crippen molar-refractivity contribution in [3.8, 4) is 11.1 Å². The Morgan fingerprint density at radius 2 is 1.54 bits per heavy atom. The molecule has 5 rings (SSSR count). The maximum absolute atomic E-state index is 4.77. The van der Waals surface area contributed by atoms with E-state index in [2.05, 4.69) is 78.9 Å². The quantitative estimate of drug-likeness (QED) is 0.352. The van der Waals surface area contributed by atoms with Gasteiger partial charge in [-0.3, -0.25) is 0 Å². The molecule has 0 aromatic heterocycles. The number of benzene rings is 3. The van der Waals surface area contributed by atoms with Gasteiger partial charge in [0.25, 0.3) is 0 Å². The molecule has 0 spiro atoms. The Morgan fingerprint density at radius 3 is 2.42 bits per heavy atom. The van der Waals surface area contributed by atoms with Crippen molar-refractivity contribution in [3.05, 3.63) is 95.1 Å². The van der Waals surface area contributed by atoms with Crippen LogP contribution >= 0.6 is 0 Å². The van der Waals surface area contributed by atoms with E-state index in [0.717, 1.165) is 6.42 Å². The average molecular weight is 457 g/mol. The fourth-order valence-electron chi connectivity index (χ4n) is 4.18. The maximum atomic E-state index is 4.77. The van der Waals surface area contributed by atoms with Gasteiger partial charge in [-0.1, -0.05) is 0 Å². The van der Waals surface area contributed by atoms with Crippen molar-refractivity contribution in [3.63, 3.8) is 0 Å². The molecule has 1 atom stereocenters. The zero-order chi connectivity index (χ0) is 16.1. The second-order valence-corrected chi connectivity index (χ2v) is 12.1. The van der Waals surface area contributed by atoms with Crippen LogP contribution in [-0.2, 0) is 27.7 Å². The summed E-state index contributed by atoms with van der Waals surface area (Å²) in [4.78, 5) is 0. The van der Waals surface area contributed by atoms with Gasteiger partial charge in [0.2, 0.25) is 0 Å². The Morgan fingerprint density at radius 1 is 0.808 bits per heavy atom. The van der Waals surface area contributed by atoms with Crippen LogP contribution < -0.4 is 28.1 Å². The molecule has 0 radical (unpaired) electrons. The van der Waals surface area contributed by atoms with Crippen molar-refractivity contribution in [1.82, 2.24) is 0 Å². The van der Waals surface area contributed by atoms with E-state index in [-0.39, 0.29) is 24.8 Å². The molecule has 1 unspecified atom stereocenters. The van der Waals surface area contributed by atoms with E-state index in [9.17, 15) is 0 Å². The third-order valence-corrected chi connectivity index (χ3v) is 11.3. The van der Waals surface area contributed by atoms with Gasteiger partial charge in [0.05, 0.1) is 0 Å². The molecule has 3 heteroatoms. The van der Waals surface area contributed by atoms with Crippen molar-refractivity contribution in [2.75, 3.05) is 0 Å². The molecule has 0 nitrogen and oxygen atoms in total. The zero-order valence-electron chi connectivity index (χ0n) is 14.3. The minimum absolute atomic E-state index is 0. The predicted octanol–water partition coefficient (Wildman–Crippen LogP) is -1.29. The summed E-state index contributed by atoms with van der Waals surface area (Å²) in [6.07, 6.45) is 5.79. The van der Waals surface area contributed by atoms with Gasteiger partial charge in [-0.05, 0) is 0 Å². The number of halogens is 2. The number of rotatable bonds is 2. The van der Waals surface area contributed by atoms with Gasteiger partial charge >= 0.3 is 151 Å². The van der Waals surface area contributed by atoms with Crippen LogP contribution in [0.2, 0.25) is 0 Å². The molecular weight excluding hydrogens is 438 g/mol. The summed E-state index contributed by atoms with van der Waals surface area (Å²) >= 11 is -2.03. The van der Waals surface area contributed by atoms with E-state index in [1.54, 1.807) is 8.83 Å². The van der Waals surface area contributed by atoms with Gasteiger partial charge in [-0.15, -0.1) is 0 Å². The topological polar surface area (TPSA) is 0 Å². The molecule has 0 amide bonds. The fourth-order valence-corrected chi connectivity index (χ4v) is 9.64. The molecule has 26 heavy (non-hydrogen) atoms. The van der Waals surface area contributed by atoms with E-state index in [1.165, 1.54) is 27.8 Å². The van der Waals surface area contributed by atoms with Crippen molar-refractivity contribution in [1.29, 1.82) is 0 Å². The van der Waals surface area contributed by atoms with Gasteiger partial charge in [-0.25, -0.2) is 0 Å². The minimum Gasteiger partial charge on any atom is -1.00 e. The van der Waals surface area contributed by atoms with Crippen molar-refractivity contribution >= 4 is 13.6 Å². The third-order valence-electron chi connectivity index (χ3n) is 5.37. The molecular formula is C23H18Cl2Zr. The predicted molar refractivity (Wildman–Crippen MR) is 99.7 cm³/mol. The number of hydrogen-bond donors (Lipinski definition) is 0. The summed E-state index contributed by atoms with van der Waals surface area (Å²) in [6, 6.07) is 24.6. The van der Waals surface area contributed by atoms with Gasteiger partial charge in [0, 0.05) is 0 Å². The van der Waals surface area contributed by atoms with Crippen LogP contribution in [0.25, 0.3) is 17.2 Å². The van der Waals surface area contributed by atoms with Crippen molar-refractivity contribution in [2.45, 2.75) is 10.0 Å². The van der Waals surface area contributed by atoms with Crippen molar-refractivity contribution < 1.29 is 46.1 Å². The first-order valence-corrected chi connectivity index (χ1v) is 12.9. The Balaban J connectivity index is 0.000000980. The molecule has 0 fully saturated rings. The summed E-state index contributed by atoms with van der Waals surface area (Å²) in [5.74, 6) is 0. The third kappa shape index (κ3) is 3.01. The van der Waals surface area contributed by atoms with Gasteiger partial charge in [-0.2, -0.15) is 0 Å². The Labute approximate surface area is 174 Å². The molecule has 2 aliphatic rings. The van der Waals surface area contributed by atoms with Crippen LogP contribution in [0.5, 0.6) is 0 Å². The molecule has 3 aromatic rings. The first kappa shape index (κ1) is 19.5. The first-order valence-electron chi connectivity index (χ1n) is 8.49. The Kier molecular flexibility index (Phi) is 5.82.